The zero-order valence-electron chi connectivity index (χ0n) is 12.3. The lowest BCUT2D eigenvalue weighted by molar-refractivity contribution is -0.121. The van der Waals surface area contributed by atoms with Crippen molar-refractivity contribution in [1.29, 1.82) is 0 Å². The standard InChI is InChI=1S/C17H22N2O2/c20-17(18-12-6-10-16-13-19-21-14-16)11-5-4-9-15-7-2-1-3-8-15/h1-3,7-8,13-14H,4-6,9-12H2,(H,18,20). The smallest absolute Gasteiger partial charge is 0.219 e. The number of carbonyl (C=O) groups is 1. The first-order valence-electron chi connectivity index (χ1n) is 7.53. The van der Waals surface area contributed by atoms with Gasteiger partial charge in [0, 0.05) is 18.5 Å². The van der Waals surface area contributed by atoms with Crippen LogP contribution in [0.5, 0.6) is 0 Å². The molecule has 4 heteroatoms. The quantitative estimate of drug-likeness (QED) is 0.720. The van der Waals surface area contributed by atoms with Gasteiger partial charge in [0.15, 0.2) is 0 Å². The molecule has 2 rings (SSSR count). The van der Waals surface area contributed by atoms with Gasteiger partial charge >= 0.3 is 0 Å². The maximum absolute atomic E-state index is 11.7. The number of nitrogens with one attached hydrogen (secondary N) is 1. The Morgan fingerprint density at radius 2 is 1.86 bits per heavy atom. The van der Waals surface area contributed by atoms with Gasteiger partial charge in [0.1, 0.15) is 6.26 Å². The Balaban J connectivity index is 1.48. The van der Waals surface area contributed by atoms with E-state index in [0.717, 1.165) is 37.7 Å². The van der Waals surface area contributed by atoms with Crippen LogP contribution >= 0.6 is 0 Å². The molecule has 1 N–H and O–H groups in total. The molecule has 1 aromatic heterocycles. The molecule has 1 amide bonds. The van der Waals surface area contributed by atoms with E-state index >= 15 is 0 Å². The monoisotopic (exact) mass is 286 g/mol. The van der Waals surface area contributed by atoms with Gasteiger partial charge in [-0.05, 0) is 37.7 Å². The number of benzene rings is 1. The van der Waals surface area contributed by atoms with Crippen LogP contribution in [0.2, 0.25) is 0 Å². The molecular weight excluding hydrogens is 264 g/mol. The Hall–Kier alpha value is -2.10. The molecule has 0 aliphatic heterocycles. The van der Waals surface area contributed by atoms with Crippen LogP contribution in [0.15, 0.2) is 47.3 Å². The fraction of sp³-hybridized carbons (Fsp3) is 0.412. The summed E-state index contributed by atoms with van der Waals surface area (Å²) in [7, 11) is 0. The highest BCUT2D eigenvalue weighted by atomic mass is 16.5. The summed E-state index contributed by atoms with van der Waals surface area (Å²) < 4.78 is 4.76. The molecule has 0 saturated heterocycles. The van der Waals surface area contributed by atoms with Gasteiger partial charge < -0.3 is 9.84 Å². The van der Waals surface area contributed by atoms with Crippen molar-refractivity contribution in [3.63, 3.8) is 0 Å². The molecule has 0 spiro atoms. The molecule has 112 valence electrons. The summed E-state index contributed by atoms with van der Waals surface area (Å²) in [4.78, 5) is 11.7. The van der Waals surface area contributed by atoms with Gasteiger partial charge in [0.05, 0.1) is 6.20 Å². The maximum atomic E-state index is 11.7. The largest absolute Gasteiger partial charge is 0.364 e. The van der Waals surface area contributed by atoms with Crippen molar-refractivity contribution in [2.45, 2.75) is 38.5 Å². The average Bonchev–Trinajstić information content (AvgIpc) is 3.02. The van der Waals surface area contributed by atoms with Gasteiger partial charge in [-0.1, -0.05) is 35.5 Å². The second-order valence-electron chi connectivity index (χ2n) is 5.18. The molecule has 1 heterocycles. The lowest BCUT2D eigenvalue weighted by atomic mass is 10.1. The molecule has 2 aromatic rings. The molecular formula is C17H22N2O2. The third-order valence-corrected chi connectivity index (χ3v) is 3.41. The first-order valence-corrected chi connectivity index (χ1v) is 7.53. The number of amides is 1. The number of rotatable bonds is 9. The van der Waals surface area contributed by atoms with Crippen molar-refractivity contribution in [2.24, 2.45) is 0 Å². The zero-order valence-corrected chi connectivity index (χ0v) is 12.3. The zero-order chi connectivity index (χ0) is 14.8. The molecule has 0 fully saturated rings. The Labute approximate surface area is 125 Å². The summed E-state index contributed by atoms with van der Waals surface area (Å²) in [6, 6.07) is 10.4. The van der Waals surface area contributed by atoms with Crippen LogP contribution in [0, 0.1) is 0 Å². The topological polar surface area (TPSA) is 55.1 Å². The van der Waals surface area contributed by atoms with Crippen molar-refractivity contribution in [2.75, 3.05) is 6.54 Å². The van der Waals surface area contributed by atoms with Gasteiger partial charge in [-0.25, -0.2) is 0 Å². The molecule has 0 bridgehead atoms. The SMILES string of the molecule is O=C(CCCCc1ccccc1)NCCCc1cnoc1. The lowest BCUT2D eigenvalue weighted by Crippen LogP contribution is -2.24. The van der Waals surface area contributed by atoms with E-state index in [9.17, 15) is 4.79 Å². The van der Waals surface area contributed by atoms with Crippen LogP contribution in [0.3, 0.4) is 0 Å². The number of aromatic nitrogens is 1. The van der Waals surface area contributed by atoms with E-state index in [1.807, 2.05) is 6.07 Å². The summed E-state index contributed by atoms with van der Waals surface area (Å²) in [5, 5.41) is 6.60. The van der Waals surface area contributed by atoms with E-state index in [1.165, 1.54) is 5.56 Å². The van der Waals surface area contributed by atoms with Crippen LogP contribution in [-0.4, -0.2) is 17.6 Å². The molecule has 4 nitrogen and oxygen atoms in total. The lowest BCUT2D eigenvalue weighted by Gasteiger charge is -2.05. The number of hydrogen-bond donors (Lipinski definition) is 1. The summed E-state index contributed by atoms with van der Waals surface area (Å²) in [6.07, 6.45) is 8.80. The number of carbonyl (C=O) groups excluding carboxylic acids is 1. The highest BCUT2D eigenvalue weighted by Crippen LogP contribution is 2.06. The first kappa shape index (κ1) is 15.3. The number of nitrogens with zero attached hydrogens (tertiary/aromatic N) is 1. The number of hydrogen-bond acceptors (Lipinski definition) is 3. The predicted octanol–water partition coefficient (Wildman–Crippen LogP) is 3.14. The minimum absolute atomic E-state index is 0.147. The highest BCUT2D eigenvalue weighted by molar-refractivity contribution is 5.75. The summed E-state index contributed by atoms with van der Waals surface area (Å²) in [5.41, 5.74) is 2.42. The van der Waals surface area contributed by atoms with Crippen molar-refractivity contribution in [3.05, 3.63) is 53.9 Å². The van der Waals surface area contributed by atoms with E-state index in [4.69, 9.17) is 4.52 Å². The van der Waals surface area contributed by atoms with Crippen LogP contribution < -0.4 is 5.32 Å². The van der Waals surface area contributed by atoms with Gasteiger partial charge in [0.25, 0.3) is 0 Å². The molecule has 0 radical (unpaired) electrons. The summed E-state index contributed by atoms with van der Waals surface area (Å²) in [6.45, 7) is 0.711. The summed E-state index contributed by atoms with van der Waals surface area (Å²) >= 11 is 0. The second kappa shape index (κ2) is 8.95. The Morgan fingerprint density at radius 3 is 2.62 bits per heavy atom. The van der Waals surface area contributed by atoms with Crippen molar-refractivity contribution >= 4 is 5.91 Å². The fourth-order valence-corrected chi connectivity index (χ4v) is 2.22. The summed E-state index contributed by atoms with van der Waals surface area (Å²) in [5.74, 6) is 0.147. The number of unbranched alkanes of at least 4 members (excludes halogenated alkanes) is 1. The van der Waals surface area contributed by atoms with E-state index in [0.29, 0.717) is 13.0 Å². The first-order chi connectivity index (χ1) is 10.3. The average molecular weight is 286 g/mol. The Kier molecular flexibility index (Phi) is 6.52. The maximum Gasteiger partial charge on any atom is 0.219 e. The minimum atomic E-state index is 0.147. The van der Waals surface area contributed by atoms with E-state index < -0.39 is 0 Å². The molecule has 21 heavy (non-hydrogen) atoms. The molecule has 0 aliphatic carbocycles. The van der Waals surface area contributed by atoms with Crippen LogP contribution in [0.4, 0.5) is 0 Å². The Morgan fingerprint density at radius 1 is 1.05 bits per heavy atom. The highest BCUT2D eigenvalue weighted by Gasteiger charge is 2.01. The number of aryl methyl sites for hydroxylation is 2. The van der Waals surface area contributed by atoms with E-state index in [2.05, 4.69) is 34.7 Å². The molecule has 0 saturated carbocycles. The van der Waals surface area contributed by atoms with Gasteiger partial charge in [-0.2, -0.15) is 0 Å². The predicted molar refractivity (Wildman–Crippen MR) is 81.8 cm³/mol. The van der Waals surface area contributed by atoms with E-state index in [-0.39, 0.29) is 5.91 Å². The molecule has 0 aliphatic rings. The van der Waals surface area contributed by atoms with Crippen LogP contribution in [-0.2, 0) is 17.6 Å². The van der Waals surface area contributed by atoms with Crippen LogP contribution in [0.1, 0.15) is 36.8 Å². The van der Waals surface area contributed by atoms with Crippen LogP contribution in [0.25, 0.3) is 0 Å². The third kappa shape index (κ3) is 6.25. The minimum Gasteiger partial charge on any atom is -0.364 e. The molecule has 1 aromatic carbocycles. The van der Waals surface area contributed by atoms with Gasteiger partial charge in [-0.3, -0.25) is 4.79 Å². The fourth-order valence-electron chi connectivity index (χ4n) is 2.22. The van der Waals surface area contributed by atoms with Crippen molar-refractivity contribution < 1.29 is 9.32 Å². The van der Waals surface area contributed by atoms with Crippen molar-refractivity contribution in [1.82, 2.24) is 10.5 Å². The second-order valence-corrected chi connectivity index (χ2v) is 5.18. The Bertz CT molecular complexity index is 509. The normalized spacial score (nSPS) is 10.5. The van der Waals surface area contributed by atoms with E-state index in [1.54, 1.807) is 12.5 Å². The molecule has 0 unspecified atom stereocenters. The van der Waals surface area contributed by atoms with Crippen molar-refractivity contribution in [3.8, 4) is 0 Å². The molecule has 0 atom stereocenters. The third-order valence-electron chi connectivity index (χ3n) is 3.41. The van der Waals surface area contributed by atoms with Gasteiger partial charge in [-0.15, -0.1) is 0 Å². The van der Waals surface area contributed by atoms with Gasteiger partial charge in [0.2, 0.25) is 5.91 Å².